The highest BCUT2D eigenvalue weighted by atomic mass is 79.9. The fourth-order valence-electron chi connectivity index (χ4n) is 1.10. The molecule has 15 heavy (non-hydrogen) atoms. The molecule has 0 spiro atoms. The number of ether oxygens (including phenoxy) is 1. The number of methoxy groups -OCH3 is 1. The van der Waals surface area contributed by atoms with Crippen molar-refractivity contribution in [3.8, 4) is 5.75 Å². The van der Waals surface area contributed by atoms with Crippen LogP contribution in [0.3, 0.4) is 0 Å². The molecule has 5 heteroatoms. The van der Waals surface area contributed by atoms with Gasteiger partial charge in [-0.2, -0.15) is 0 Å². The molecule has 0 atom stereocenters. The Hall–Kier alpha value is -1.07. The van der Waals surface area contributed by atoms with Gasteiger partial charge in [-0.3, -0.25) is 4.79 Å². The molecule has 0 bridgehead atoms. The number of likely N-dealkylation sites (N-methyl/N-ethyl adjacent to an activating group) is 1. The Morgan fingerprint density at radius 2 is 2.27 bits per heavy atom. The van der Waals surface area contributed by atoms with Crippen LogP contribution in [0.1, 0.15) is 0 Å². The summed E-state index contributed by atoms with van der Waals surface area (Å²) >= 11 is 3.34. The minimum absolute atomic E-state index is 0.0816. The smallest absolute Gasteiger partial charge is 0.238 e. The predicted octanol–water partition coefficient (Wildman–Crippen LogP) is 1.62. The summed E-state index contributed by atoms with van der Waals surface area (Å²) in [4.78, 5) is 11.3. The van der Waals surface area contributed by atoms with E-state index in [9.17, 15) is 4.79 Å². The van der Waals surface area contributed by atoms with Gasteiger partial charge in [0.2, 0.25) is 5.91 Å². The maximum atomic E-state index is 11.3. The fourth-order valence-corrected chi connectivity index (χ4v) is 1.51. The number of benzene rings is 1. The second-order valence-electron chi connectivity index (χ2n) is 2.93. The quantitative estimate of drug-likeness (QED) is 0.876. The van der Waals surface area contributed by atoms with Gasteiger partial charge in [0.25, 0.3) is 0 Å². The van der Waals surface area contributed by atoms with Gasteiger partial charge in [0.05, 0.1) is 18.1 Å². The first-order valence-electron chi connectivity index (χ1n) is 4.45. The lowest BCUT2D eigenvalue weighted by atomic mass is 10.3. The summed E-state index contributed by atoms with van der Waals surface area (Å²) in [7, 11) is 3.31. The van der Waals surface area contributed by atoms with Gasteiger partial charge < -0.3 is 15.4 Å². The molecule has 0 radical (unpaired) electrons. The molecule has 4 nitrogen and oxygen atoms in total. The summed E-state index contributed by atoms with van der Waals surface area (Å²) in [6.45, 7) is 0.290. The Morgan fingerprint density at radius 3 is 2.87 bits per heavy atom. The van der Waals surface area contributed by atoms with Crippen molar-refractivity contribution in [1.29, 1.82) is 0 Å². The number of nitrogens with one attached hydrogen (secondary N) is 2. The molecule has 1 aromatic rings. The molecule has 1 amide bonds. The van der Waals surface area contributed by atoms with E-state index in [1.807, 2.05) is 6.07 Å². The maximum Gasteiger partial charge on any atom is 0.238 e. The molecule has 0 saturated heterocycles. The molecule has 0 aliphatic carbocycles. The first-order valence-corrected chi connectivity index (χ1v) is 5.24. The minimum Gasteiger partial charge on any atom is -0.495 e. The van der Waals surface area contributed by atoms with Crippen molar-refractivity contribution in [2.24, 2.45) is 0 Å². The van der Waals surface area contributed by atoms with Crippen LogP contribution >= 0.6 is 15.9 Å². The van der Waals surface area contributed by atoms with Gasteiger partial charge in [-0.15, -0.1) is 0 Å². The van der Waals surface area contributed by atoms with Crippen LogP contribution in [0.4, 0.5) is 5.69 Å². The summed E-state index contributed by atoms with van der Waals surface area (Å²) in [6.07, 6.45) is 0. The van der Waals surface area contributed by atoms with Gasteiger partial charge in [-0.05, 0) is 35.1 Å². The van der Waals surface area contributed by atoms with E-state index in [0.29, 0.717) is 12.3 Å². The standard InChI is InChI=1S/C10H13BrN2O2/c1-12-6-10(14)13-7-3-4-8(11)9(5-7)15-2/h3-5,12H,6H2,1-2H3,(H,13,14). The summed E-state index contributed by atoms with van der Waals surface area (Å²) in [5, 5.41) is 5.52. The molecule has 0 saturated carbocycles. The molecule has 82 valence electrons. The minimum atomic E-state index is -0.0816. The molecule has 0 fully saturated rings. The van der Waals surface area contributed by atoms with Gasteiger partial charge in [0.1, 0.15) is 5.75 Å². The number of hydrogen-bond acceptors (Lipinski definition) is 3. The number of rotatable bonds is 4. The monoisotopic (exact) mass is 272 g/mol. The molecule has 0 unspecified atom stereocenters. The van der Waals surface area contributed by atoms with Crippen molar-refractivity contribution in [1.82, 2.24) is 5.32 Å². The van der Waals surface area contributed by atoms with E-state index in [-0.39, 0.29) is 5.91 Å². The topological polar surface area (TPSA) is 50.4 Å². The van der Waals surface area contributed by atoms with Crippen molar-refractivity contribution in [2.45, 2.75) is 0 Å². The molecule has 2 N–H and O–H groups in total. The van der Waals surface area contributed by atoms with Crippen LogP contribution in [0, 0.1) is 0 Å². The van der Waals surface area contributed by atoms with Gasteiger partial charge >= 0.3 is 0 Å². The molecule has 0 aliphatic rings. The van der Waals surface area contributed by atoms with Crippen molar-refractivity contribution in [3.63, 3.8) is 0 Å². The van der Waals surface area contributed by atoms with Crippen LogP contribution in [0.25, 0.3) is 0 Å². The molecule has 1 rings (SSSR count). The largest absolute Gasteiger partial charge is 0.495 e. The number of anilines is 1. The van der Waals surface area contributed by atoms with Crippen molar-refractivity contribution in [3.05, 3.63) is 22.7 Å². The second kappa shape index (κ2) is 5.72. The number of hydrogen-bond donors (Lipinski definition) is 2. The maximum absolute atomic E-state index is 11.3. The van der Waals surface area contributed by atoms with Crippen LogP contribution in [-0.4, -0.2) is 26.6 Å². The van der Waals surface area contributed by atoms with E-state index in [1.54, 1.807) is 26.3 Å². The second-order valence-corrected chi connectivity index (χ2v) is 3.78. The van der Waals surface area contributed by atoms with Crippen LogP contribution < -0.4 is 15.4 Å². The number of halogens is 1. The Bertz CT molecular complexity index is 355. The molecule has 0 heterocycles. The van der Waals surface area contributed by atoms with Crippen molar-refractivity contribution < 1.29 is 9.53 Å². The summed E-state index contributed by atoms with van der Waals surface area (Å²) in [6, 6.07) is 5.39. The van der Waals surface area contributed by atoms with E-state index in [4.69, 9.17) is 4.74 Å². The van der Waals surface area contributed by atoms with Crippen LogP contribution in [-0.2, 0) is 4.79 Å². The highest BCUT2D eigenvalue weighted by Gasteiger charge is 2.04. The van der Waals surface area contributed by atoms with Crippen molar-refractivity contribution >= 4 is 27.5 Å². The van der Waals surface area contributed by atoms with E-state index in [2.05, 4.69) is 26.6 Å². The van der Waals surface area contributed by atoms with Gasteiger partial charge in [-0.25, -0.2) is 0 Å². The van der Waals surface area contributed by atoms with E-state index >= 15 is 0 Å². The third-order valence-electron chi connectivity index (χ3n) is 1.77. The Balaban J connectivity index is 2.74. The summed E-state index contributed by atoms with van der Waals surface area (Å²) < 4.78 is 5.97. The normalized spacial score (nSPS) is 9.80. The Kier molecular flexibility index (Phi) is 4.58. The number of amides is 1. The zero-order chi connectivity index (χ0) is 11.3. The predicted molar refractivity (Wildman–Crippen MR) is 63.3 cm³/mol. The highest BCUT2D eigenvalue weighted by Crippen LogP contribution is 2.27. The molecule has 0 aliphatic heterocycles. The lowest BCUT2D eigenvalue weighted by Crippen LogP contribution is -2.25. The lowest BCUT2D eigenvalue weighted by molar-refractivity contribution is -0.115. The third kappa shape index (κ3) is 3.53. The summed E-state index contributed by atoms with van der Waals surface area (Å²) in [5.41, 5.74) is 0.718. The lowest BCUT2D eigenvalue weighted by Gasteiger charge is -2.08. The van der Waals surface area contributed by atoms with Crippen LogP contribution in [0.5, 0.6) is 5.75 Å². The Labute approximate surface area is 97.1 Å². The SMILES string of the molecule is CNCC(=O)Nc1ccc(Br)c(OC)c1. The van der Waals surface area contributed by atoms with E-state index in [0.717, 1.165) is 10.2 Å². The van der Waals surface area contributed by atoms with E-state index < -0.39 is 0 Å². The van der Waals surface area contributed by atoms with E-state index in [1.165, 1.54) is 0 Å². The number of carbonyl (C=O) groups is 1. The van der Waals surface area contributed by atoms with Gasteiger partial charge in [-0.1, -0.05) is 0 Å². The number of carbonyl (C=O) groups excluding carboxylic acids is 1. The third-order valence-corrected chi connectivity index (χ3v) is 2.43. The van der Waals surface area contributed by atoms with Crippen LogP contribution in [0.2, 0.25) is 0 Å². The van der Waals surface area contributed by atoms with Crippen LogP contribution in [0.15, 0.2) is 22.7 Å². The van der Waals surface area contributed by atoms with Crippen molar-refractivity contribution in [2.75, 3.05) is 26.0 Å². The Morgan fingerprint density at radius 1 is 1.53 bits per heavy atom. The molecule has 1 aromatic carbocycles. The first kappa shape index (κ1) is 12.0. The average molecular weight is 273 g/mol. The summed E-state index contributed by atoms with van der Waals surface area (Å²) in [5.74, 6) is 0.610. The first-order chi connectivity index (χ1) is 7.17. The molecule has 0 aromatic heterocycles. The fraction of sp³-hybridized carbons (Fsp3) is 0.300. The zero-order valence-electron chi connectivity index (χ0n) is 8.63. The van der Waals surface area contributed by atoms with Gasteiger partial charge in [0.15, 0.2) is 0 Å². The highest BCUT2D eigenvalue weighted by molar-refractivity contribution is 9.10. The molecular weight excluding hydrogens is 260 g/mol. The average Bonchev–Trinajstić information content (AvgIpc) is 2.21. The van der Waals surface area contributed by atoms with Gasteiger partial charge in [0, 0.05) is 11.8 Å². The zero-order valence-corrected chi connectivity index (χ0v) is 10.2. The molecular formula is C10H13BrN2O2.